The third kappa shape index (κ3) is 5.82. The van der Waals surface area contributed by atoms with Crippen LogP contribution < -0.4 is 5.32 Å². The van der Waals surface area contributed by atoms with Crippen molar-refractivity contribution in [3.63, 3.8) is 0 Å². The van der Waals surface area contributed by atoms with Crippen molar-refractivity contribution in [2.45, 2.75) is 26.9 Å². The van der Waals surface area contributed by atoms with Gasteiger partial charge in [0, 0.05) is 11.1 Å². The maximum atomic E-state index is 13.3. The van der Waals surface area contributed by atoms with Crippen molar-refractivity contribution in [2.75, 3.05) is 18.5 Å². The molecule has 4 aromatic rings. The molecule has 4 rings (SSSR count). The van der Waals surface area contributed by atoms with Gasteiger partial charge in [0.15, 0.2) is 0 Å². The van der Waals surface area contributed by atoms with Crippen LogP contribution in [0.1, 0.15) is 35.5 Å². The lowest BCUT2D eigenvalue weighted by atomic mass is 10.1. The molecule has 0 unspecified atom stereocenters. The average molecular weight is 504 g/mol. The minimum atomic E-state index is -3.23. The molecule has 1 N–H and O–H groups in total. The van der Waals surface area contributed by atoms with E-state index in [1.54, 1.807) is 42.8 Å². The molecule has 1 aromatic heterocycles. The van der Waals surface area contributed by atoms with Gasteiger partial charge in [-0.3, -0.25) is 9.36 Å². The third-order valence-corrected chi connectivity index (χ3v) is 7.66. The molecular weight excluding hydrogens is 473 g/mol. The van der Waals surface area contributed by atoms with Gasteiger partial charge < -0.3 is 14.4 Å². The Morgan fingerprint density at radius 3 is 2.06 bits per heavy atom. The van der Waals surface area contributed by atoms with Crippen molar-refractivity contribution < 1.29 is 18.4 Å². The number of aromatic nitrogens is 2. The molecule has 0 saturated carbocycles. The summed E-state index contributed by atoms with van der Waals surface area (Å²) in [4.78, 5) is 13.3. The number of hydrogen-bond acceptors (Lipinski definition) is 5. The number of carbonyl (C=O) groups excluding carboxylic acids is 1. The Kier molecular flexibility index (Phi) is 8.16. The summed E-state index contributed by atoms with van der Waals surface area (Å²) in [7, 11) is -3.23. The van der Waals surface area contributed by atoms with Crippen LogP contribution in [0.25, 0.3) is 16.8 Å². The van der Waals surface area contributed by atoms with Crippen LogP contribution >= 0.6 is 7.60 Å². The molecule has 0 fully saturated rings. The highest BCUT2D eigenvalue weighted by molar-refractivity contribution is 7.53. The molecular formula is C28H30N3O4P. The fraction of sp³-hybridized carbons (Fsp3) is 0.214. The third-order valence-electron chi connectivity index (χ3n) is 5.60. The summed E-state index contributed by atoms with van der Waals surface area (Å²) in [5, 5.41) is 7.82. The molecule has 0 aliphatic rings. The second kappa shape index (κ2) is 11.5. The molecule has 0 radical (unpaired) electrons. The average Bonchev–Trinajstić information content (AvgIpc) is 3.21. The fourth-order valence-corrected chi connectivity index (χ4v) is 5.74. The SMILES string of the molecule is CCOP(=O)(Cc1ccc(C(=O)Nc2c(-c3ccccc3)c(C)nn2-c2ccccc2)cc1)OCC. The summed E-state index contributed by atoms with van der Waals surface area (Å²) in [5.74, 6) is 0.324. The molecule has 0 atom stereocenters. The van der Waals surface area contributed by atoms with E-state index in [1.165, 1.54) is 0 Å². The lowest BCUT2D eigenvalue weighted by molar-refractivity contribution is 0.102. The van der Waals surface area contributed by atoms with Crippen molar-refractivity contribution in [2.24, 2.45) is 0 Å². The van der Waals surface area contributed by atoms with Gasteiger partial charge in [0.25, 0.3) is 5.91 Å². The second-order valence-electron chi connectivity index (χ2n) is 8.18. The van der Waals surface area contributed by atoms with Gasteiger partial charge >= 0.3 is 7.60 Å². The van der Waals surface area contributed by atoms with E-state index in [1.807, 2.05) is 67.6 Å². The highest BCUT2D eigenvalue weighted by Crippen LogP contribution is 2.51. The van der Waals surface area contributed by atoms with E-state index >= 15 is 0 Å². The van der Waals surface area contributed by atoms with Crippen LogP contribution in [-0.2, 0) is 19.8 Å². The van der Waals surface area contributed by atoms with Crippen LogP contribution in [-0.4, -0.2) is 28.9 Å². The number of para-hydroxylation sites is 1. The van der Waals surface area contributed by atoms with Crippen LogP contribution in [0.5, 0.6) is 0 Å². The number of benzene rings is 3. The van der Waals surface area contributed by atoms with Crippen LogP contribution in [0.3, 0.4) is 0 Å². The lowest BCUT2D eigenvalue weighted by Crippen LogP contribution is -2.16. The molecule has 0 saturated heterocycles. The Balaban J connectivity index is 1.64. The Morgan fingerprint density at radius 2 is 1.47 bits per heavy atom. The quantitative estimate of drug-likeness (QED) is 0.239. The number of anilines is 1. The smallest absolute Gasteiger partial charge is 0.309 e. The van der Waals surface area contributed by atoms with Gasteiger partial charge in [-0.15, -0.1) is 0 Å². The molecule has 186 valence electrons. The van der Waals surface area contributed by atoms with Gasteiger partial charge in [-0.2, -0.15) is 5.10 Å². The first-order valence-electron chi connectivity index (χ1n) is 11.9. The zero-order valence-electron chi connectivity index (χ0n) is 20.7. The Hall–Kier alpha value is -3.51. The van der Waals surface area contributed by atoms with Crippen molar-refractivity contribution in [1.29, 1.82) is 0 Å². The second-order valence-corrected chi connectivity index (χ2v) is 10.2. The molecule has 1 amide bonds. The van der Waals surface area contributed by atoms with Crippen molar-refractivity contribution in [3.8, 4) is 16.8 Å². The predicted octanol–water partition coefficient (Wildman–Crippen LogP) is 6.87. The van der Waals surface area contributed by atoms with Crippen molar-refractivity contribution in [3.05, 3.63) is 102 Å². The van der Waals surface area contributed by atoms with Gasteiger partial charge in [-0.05, 0) is 56.2 Å². The normalized spacial score (nSPS) is 11.4. The summed E-state index contributed by atoms with van der Waals surface area (Å²) in [6, 6.07) is 26.5. The molecule has 0 spiro atoms. The number of nitrogens with zero attached hydrogens (tertiary/aromatic N) is 2. The molecule has 0 bridgehead atoms. The zero-order valence-corrected chi connectivity index (χ0v) is 21.6. The van der Waals surface area contributed by atoms with E-state index in [2.05, 4.69) is 5.32 Å². The van der Waals surface area contributed by atoms with E-state index < -0.39 is 7.60 Å². The summed E-state index contributed by atoms with van der Waals surface area (Å²) < 4.78 is 25.4. The first kappa shape index (κ1) is 25.6. The summed E-state index contributed by atoms with van der Waals surface area (Å²) >= 11 is 0. The Labute approximate surface area is 211 Å². The van der Waals surface area contributed by atoms with Gasteiger partial charge in [0.1, 0.15) is 5.82 Å². The van der Waals surface area contributed by atoms with Crippen molar-refractivity contribution in [1.82, 2.24) is 9.78 Å². The van der Waals surface area contributed by atoms with Crippen LogP contribution in [0.15, 0.2) is 84.9 Å². The van der Waals surface area contributed by atoms with Crippen molar-refractivity contribution >= 4 is 19.3 Å². The molecule has 8 heteroatoms. The molecule has 1 heterocycles. The molecule has 7 nitrogen and oxygen atoms in total. The molecule has 0 aliphatic heterocycles. The van der Waals surface area contributed by atoms with E-state index in [0.29, 0.717) is 24.6 Å². The maximum absolute atomic E-state index is 13.3. The highest BCUT2D eigenvalue weighted by Gasteiger charge is 2.24. The number of carbonyl (C=O) groups is 1. The molecule has 36 heavy (non-hydrogen) atoms. The van der Waals surface area contributed by atoms with Gasteiger partial charge in [-0.25, -0.2) is 4.68 Å². The van der Waals surface area contributed by atoms with Crippen LogP contribution in [0, 0.1) is 6.92 Å². The summed E-state index contributed by atoms with van der Waals surface area (Å²) in [6.07, 6.45) is 0.148. The monoisotopic (exact) mass is 503 g/mol. The first-order chi connectivity index (χ1) is 17.4. The minimum absolute atomic E-state index is 0.148. The molecule has 0 aliphatic carbocycles. The van der Waals surface area contributed by atoms with E-state index in [-0.39, 0.29) is 12.1 Å². The molecule has 3 aromatic carbocycles. The Bertz CT molecular complexity index is 1340. The maximum Gasteiger partial charge on any atom is 0.335 e. The summed E-state index contributed by atoms with van der Waals surface area (Å²) in [6.45, 7) is 6.10. The summed E-state index contributed by atoms with van der Waals surface area (Å²) in [5.41, 5.74) is 4.71. The van der Waals surface area contributed by atoms with Crippen LogP contribution in [0.4, 0.5) is 5.82 Å². The topological polar surface area (TPSA) is 82.5 Å². The number of hydrogen-bond donors (Lipinski definition) is 1. The number of aryl methyl sites for hydroxylation is 1. The standard InChI is InChI=1S/C28H30N3O4P/c1-4-34-36(33,35-5-2)20-22-16-18-24(19-17-22)28(32)29-27-26(23-12-8-6-9-13-23)21(3)30-31(27)25-14-10-7-11-15-25/h6-19H,4-5,20H2,1-3H3,(H,29,32). The fourth-order valence-electron chi connectivity index (χ4n) is 4.04. The lowest BCUT2D eigenvalue weighted by Gasteiger charge is -2.17. The van der Waals surface area contributed by atoms with E-state index in [0.717, 1.165) is 28.1 Å². The number of rotatable bonds is 10. The van der Waals surface area contributed by atoms with Gasteiger partial charge in [0.05, 0.1) is 30.8 Å². The predicted molar refractivity (Wildman–Crippen MR) is 143 cm³/mol. The number of amides is 1. The number of nitrogens with one attached hydrogen (secondary N) is 1. The zero-order chi connectivity index (χ0) is 25.5. The van der Waals surface area contributed by atoms with Gasteiger partial charge in [-0.1, -0.05) is 60.7 Å². The highest BCUT2D eigenvalue weighted by atomic mass is 31.2. The van der Waals surface area contributed by atoms with Crippen LogP contribution in [0.2, 0.25) is 0 Å². The Morgan fingerprint density at radius 1 is 0.889 bits per heavy atom. The van der Waals surface area contributed by atoms with Gasteiger partial charge in [0.2, 0.25) is 0 Å². The minimum Gasteiger partial charge on any atom is -0.309 e. The largest absolute Gasteiger partial charge is 0.335 e. The van der Waals surface area contributed by atoms with E-state index in [4.69, 9.17) is 14.1 Å². The van der Waals surface area contributed by atoms with E-state index in [9.17, 15) is 9.36 Å². The first-order valence-corrected chi connectivity index (χ1v) is 13.7.